The Morgan fingerprint density at radius 3 is 2.30 bits per heavy atom. The van der Waals surface area contributed by atoms with Gasteiger partial charge in [-0.05, 0) is 105 Å². The molecule has 50 heavy (non-hydrogen) atoms. The van der Waals surface area contributed by atoms with E-state index in [0.29, 0.717) is 32.1 Å². The molecule has 3 aromatic carbocycles. The smallest absolute Gasteiger partial charge is 0.260 e. The number of anilines is 1. The number of aromatic hydroxyl groups is 1. The van der Waals surface area contributed by atoms with E-state index < -0.39 is 46.8 Å². The highest BCUT2D eigenvalue weighted by Gasteiger charge is 2.70. The number of phenolic OH excluding ortho intramolecular Hbond substituents is 1. The van der Waals surface area contributed by atoms with Gasteiger partial charge >= 0.3 is 0 Å². The van der Waals surface area contributed by atoms with Crippen LogP contribution in [0.3, 0.4) is 0 Å². The van der Waals surface area contributed by atoms with Gasteiger partial charge in [-0.3, -0.25) is 29.5 Å². The minimum atomic E-state index is -1.58. The highest BCUT2D eigenvalue weighted by Crippen LogP contribution is 2.65. The van der Waals surface area contributed by atoms with Crippen molar-refractivity contribution in [1.29, 1.82) is 0 Å². The number of carbonyl (C=O) groups is 4. The Balaban J connectivity index is 1.52. The zero-order valence-electron chi connectivity index (χ0n) is 27.0. The van der Waals surface area contributed by atoms with E-state index in [1.54, 1.807) is 49.4 Å². The van der Waals surface area contributed by atoms with Gasteiger partial charge in [-0.15, -0.1) is 0 Å². The predicted molar refractivity (Wildman–Crippen MR) is 193 cm³/mol. The summed E-state index contributed by atoms with van der Waals surface area (Å²) in [5.74, 6) is -4.77. The SMILES string of the molecule is CCN1C(=O)C2CC=C3C(CC4C(=O)N(Nc5ccc(Cl)cc5Cl)C(=O)C4(c4ccc(OC)cc4)C3c3cc(OC)c(O)c(Br)c3Br)C2C1=O. The second-order valence-electron chi connectivity index (χ2n) is 12.8. The van der Waals surface area contributed by atoms with E-state index in [4.69, 9.17) is 32.7 Å². The zero-order chi connectivity index (χ0) is 35.8. The summed E-state index contributed by atoms with van der Waals surface area (Å²) in [7, 11) is 2.96. The molecule has 2 N–H and O–H groups in total. The Bertz CT molecular complexity index is 2010. The monoisotopic (exact) mass is 845 g/mol. The van der Waals surface area contributed by atoms with Crippen LogP contribution in [0.5, 0.6) is 17.2 Å². The number of halogens is 4. The Morgan fingerprint density at radius 2 is 1.66 bits per heavy atom. The van der Waals surface area contributed by atoms with Crippen LogP contribution in [0.2, 0.25) is 10.0 Å². The number of ether oxygens (including phenoxy) is 2. The molecule has 6 unspecified atom stereocenters. The minimum absolute atomic E-state index is 0.122. The maximum Gasteiger partial charge on any atom is 0.260 e. The molecule has 6 atom stereocenters. The molecule has 7 rings (SSSR count). The number of nitrogens with zero attached hydrogens (tertiary/aromatic N) is 2. The number of nitrogens with one attached hydrogen (secondary N) is 1. The lowest BCUT2D eigenvalue weighted by Crippen LogP contribution is -2.53. The molecule has 10 nitrogen and oxygen atoms in total. The van der Waals surface area contributed by atoms with Gasteiger partial charge in [-0.1, -0.05) is 47.0 Å². The number of fused-ring (bicyclic) bond motifs is 4. The Kier molecular flexibility index (Phi) is 8.98. The molecule has 260 valence electrons. The van der Waals surface area contributed by atoms with Crippen LogP contribution >= 0.6 is 55.1 Å². The van der Waals surface area contributed by atoms with Crippen molar-refractivity contribution >= 4 is 84.4 Å². The number of hydrogen-bond acceptors (Lipinski definition) is 8. The van der Waals surface area contributed by atoms with E-state index in [-0.39, 0.29) is 52.2 Å². The molecule has 2 aliphatic heterocycles. The van der Waals surface area contributed by atoms with E-state index in [2.05, 4.69) is 37.3 Å². The van der Waals surface area contributed by atoms with Gasteiger partial charge in [-0.2, -0.15) is 5.01 Å². The number of phenols is 1. The van der Waals surface area contributed by atoms with Crippen LogP contribution in [0.1, 0.15) is 36.8 Å². The standard InChI is InChI=1S/C36H31Br2Cl2N3O7/c1-4-42-32(45)20-11-10-19-21(27(20)34(42)47)14-23-33(46)43(41-25-12-7-17(39)13-24(25)40)35(48)36(23,16-5-8-18(49-2)9-6-16)28(19)22-15-26(50-3)31(44)30(38)29(22)37/h5-10,12-13,15,20-21,23,27-28,41,44H,4,11,14H2,1-3H3. The Labute approximate surface area is 314 Å². The first-order chi connectivity index (χ1) is 23.9. The molecule has 1 saturated carbocycles. The topological polar surface area (TPSA) is 125 Å². The maximum atomic E-state index is 15.4. The zero-order valence-corrected chi connectivity index (χ0v) is 31.7. The van der Waals surface area contributed by atoms with Crippen LogP contribution < -0.4 is 14.9 Å². The largest absolute Gasteiger partial charge is 0.503 e. The third kappa shape index (κ3) is 4.92. The van der Waals surface area contributed by atoms with Crippen LogP contribution in [-0.2, 0) is 24.6 Å². The van der Waals surface area contributed by atoms with Gasteiger partial charge in [0.05, 0.1) is 52.6 Å². The van der Waals surface area contributed by atoms with Gasteiger partial charge in [0.1, 0.15) is 5.75 Å². The van der Waals surface area contributed by atoms with Crippen molar-refractivity contribution < 1.29 is 33.8 Å². The molecule has 0 bridgehead atoms. The number of allylic oxidation sites excluding steroid dienone is 2. The van der Waals surface area contributed by atoms with Crippen LogP contribution in [0.4, 0.5) is 5.69 Å². The van der Waals surface area contributed by atoms with E-state index in [0.717, 1.165) is 10.6 Å². The summed E-state index contributed by atoms with van der Waals surface area (Å²) in [6.45, 7) is 2.00. The van der Waals surface area contributed by atoms with E-state index in [1.165, 1.54) is 25.2 Å². The maximum absolute atomic E-state index is 15.4. The first kappa shape index (κ1) is 34.9. The molecule has 0 spiro atoms. The molecule has 0 radical (unpaired) electrons. The Hall–Kier alpha value is -3.58. The molecule has 3 fully saturated rings. The van der Waals surface area contributed by atoms with Gasteiger partial charge in [-0.25, -0.2) is 0 Å². The molecule has 3 aromatic rings. The fourth-order valence-corrected chi connectivity index (χ4v) is 9.95. The lowest BCUT2D eigenvalue weighted by atomic mass is 9.49. The second-order valence-corrected chi connectivity index (χ2v) is 15.2. The number of methoxy groups -OCH3 is 2. The second kappa shape index (κ2) is 12.9. The van der Waals surface area contributed by atoms with E-state index in [9.17, 15) is 19.5 Å². The number of likely N-dealkylation sites (tertiary alicyclic amines) is 1. The van der Waals surface area contributed by atoms with Gasteiger partial charge in [0, 0.05) is 22.0 Å². The fourth-order valence-electron chi connectivity index (χ4n) is 8.54. The molecule has 0 aromatic heterocycles. The Morgan fingerprint density at radius 1 is 0.940 bits per heavy atom. The van der Waals surface area contributed by atoms with Gasteiger partial charge in [0.2, 0.25) is 11.8 Å². The third-order valence-corrected chi connectivity index (χ3v) is 13.4. The van der Waals surface area contributed by atoms with Crippen molar-refractivity contribution in [3.63, 3.8) is 0 Å². The van der Waals surface area contributed by atoms with E-state index in [1.807, 2.05) is 6.08 Å². The van der Waals surface area contributed by atoms with Gasteiger partial charge in [0.25, 0.3) is 11.8 Å². The highest BCUT2D eigenvalue weighted by atomic mass is 79.9. The number of carbonyl (C=O) groups excluding carboxylic acids is 4. The summed E-state index contributed by atoms with van der Waals surface area (Å²) < 4.78 is 11.8. The van der Waals surface area contributed by atoms with Crippen molar-refractivity contribution in [2.24, 2.45) is 23.7 Å². The molecular weight excluding hydrogens is 817 g/mol. The van der Waals surface area contributed by atoms with Crippen molar-refractivity contribution in [2.45, 2.75) is 31.1 Å². The number of hydrazine groups is 1. The normalized spacial score (nSPS) is 27.2. The summed E-state index contributed by atoms with van der Waals surface area (Å²) in [5.41, 5.74) is 3.53. The average molecular weight is 848 g/mol. The lowest BCUT2D eigenvalue weighted by Gasteiger charge is -2.51. The number of rotatable bonds is 7. The molecule has 2 heterocycles. The molecule has 4 aliphatic rings. The summed E-state index contributed by atoms with van der Waals surface area (Å²) in [6.07, 6.45) is 2.37. The molecule has 2 saturated heterocycles. The van der Waals surface area contributed by atoms with Crippen LogP contribution in [0, 0.1) is 23.7 Å². The fraction of sp³-hybridized carbons (Fsp3) is 0.333. The van der Waals surface area contributed by atoms with Crippen molar-refractivity contribution in [3.8, 4) is 17.2 Å². The summed E-state index contributed by atoms with van der Waals surface area (Å²) in [6, 6.07) is 13.4. The highest BCUT2D eigenvalue weighted by molar-refractivity contribution is 9.13. The molecule has 14 heteroatoms. The summed E-state index contributed by atoms with van der Waals surface area (Å²) in [4.78, 5) is 59.0. The number of hydrogen-bond donors (Lipinski definition) is 2. The number of imide groups is 2. The van der Waals surface area contributed by atoms with Crippen molar-refractivity contribution in [3.05, 3.63) is 90.3 Å². The quantitative estimate of drug-likeness (QED) is 0.188. The lowest BCUT2D eigenvalue weighted by molar-refractivity contribution is -0.141. The van der Waals surface area contributed by atoms with Crippen LogP contribution in [-0.4, -0.2) is 59.4 Å². The van der Waals surface area contributed by atoms with E-state index >= 15 is 4.79 Å². The number of amides is 4. The van der Waals surface area contributed by atoms with Gasteiger partial charge in [0.15, 0.2) is 11.5 Å². The number of benzene rings is 3. The predicted octanol–water partition coefficient (Wildman–Crippen LogP) is 7.25. The molecular formula is C36H31Br2Cl2N3O7. The molecule has 4 amide bonds. The third-order valence-electron chi connectivity index (χ3n) is 10.7. The van der Waals surface area contributed by atoms with Crippen LogP contribution in [0.25, 0.3) is 0 Å². The van der Waals surface area contributed by atoms with Crippen molar-refractivity contribution in [2.75, 3.05) is 26.2 Å². The average Bonchev–Trinajstić information content (AvgIpc) is 3.49. The summed E-state index contributed by atoms with van der Waals surface area (Å²) in [5, 5.41) is 12.6. The summed E-state index contributed by atoms with van der Waals surface area (Å²) >= 11 is 19.9. The van der Waals surface area contributed by atoms with Gasteiger partial charge < -0.3 is 14.6 Å². The minimum Gasteiger partial charge on any atom is -0.503 e. The first-order valence-corrected chi connectivity index (χ1v) is 18.3. The first-order valence-electron chi connectivity index (χ1n) is 15.9. The van der Waals surface area contributed by atoms with Crippen LogP contribution in [0.15, 0.2) is 69.1 Å². The molecule has 2 aliphatic carbocycles. The van der Waals surface area contributed by atoms with Crippen molar-refractivity contribution in [1.82, 2.24) is 9.91 Å².